The minimum atomic E-state index is -0.520. The van der Waals surface area contributed by atoms with Gasteiger partial charge in [0.2, 0.25) is 0 Å². The van der Waals surface area contributed by atoms with Crippen LogP contribution < -0.4 is 15.4 Å². The first-order chi connectivity index (χ1) is 12.5. The van der Waals surface area contributed by atoms with E-state index in [0.29, 0.717) is 18.0 Å². The van der Waals surface area contributed by atoms with Gasteiger partial charge < -0.3 is 14.8 Å². The van der Waals surface area contributed by atoms with Gasteiger partial charge in [0, 0.05) is 5.56 Å². The molecule has 0 aliphatic carbocycles. The number of methoxy groups -OCH3 is 1. The number of carbonyl (C=O) groups is 2. The Morgan fingerprint density at radius 1 is 1.15 bits per heavy atom. The fourth-order valence-electron chi connectivity index (χ4n) is 2.08. The summed E-state index contributed by atoms with van der Waals surface area (Å²) >= 11 is 5.18. The number of amides is 1. The highest BCUT2D eigenvalue weighted by Crippen LogP contribution is 2.23. The maximum atomic E-state index is 12.3. The van der Waals surface area contributed by atoms with Gasteiger partial charge in [-0.3, -0.25) is 10.1 Å². The van der Waals surface area contributed by atoms with Gasteiger partial charge in [0.15, 0.2) is 5.11 Å². The SMILES string of the molecule is C=CCOc1ccccc1NC(=S)NC(=O)c1cccc(C(=O)OC)c1. The Kier molecular flexibility index (Phi) is 6.87. The van der Waals surface area contributed by atoms with Crippen LogP contribution in [0.5, 0.6) is 5.75 Å². The molecule has 7 heteroatoms. The van der Waals surface area contributed by atoms with Crippen LogP contribution in [-0.4, -0.2) is 30.7 Å². The molecule has 0 radical (unpaired) electrons. The van der Waals surface area contributed by atoms with Gasteiger partial charge in [-0.2, -0.15) is 0 Å². The van der Waals surface area contributed by atoms with Crippen LogP contribution >= 0.6 is 12.2 Å². The van der Waals surface area contributed by atoms with E-state index in [1.54, 1.807) is 36.4 Å². The summed E-state index contributed by atoms with van der Waals surface area (Å²) in [5, 5.41) is 5.59. The molecule has 134 valence electrons. The van der Waals surface area contributed by atoms with Crippen LogP contribution in [0.4, 0.5) is 5.69 Å². The smallest absolute Gasteiger partial charge is 0.337 e. The number of hydrogen-bond acceptors (Lipinski definition) is 5. The molecule has 2 rings (SSSR count). The number of nitrogens with one attached hydrogen (secondary N) is 2. The van der Waals surface area contributed by atoms with Gasteiger partial charge in [0.05, 0.1) is 18.4 Å². The minimum Gasteiger partial charge on any atom is -0.487 e. The Morgan fingerprint density at radius 3 is 2.62 bits per heavy atom. The highest BCUT2D eigenvalue weighted by Gasteiger charge is 2.12. The summed E-state index contributed by atoms with van der Waals surface area (Å²) in [6, 6.07) is 13.3. The van der Waals surface area contributed by atoms with Crippen molar-refractivity contribution < 1.29 is 19.1 Å². The molecule has 0 aromatic heterocycles. The molecule has 0 bridgehead atoms. The first-order valence-corrected chi connectivity index (χ1v) is 8.09. The van der Waals surface area contributed by atoms with Gasteiger partial charge in [-0.15, -0.1) is 0 Å². The molecule has 0 saturated heterocycles. The molecule has 0 aliphatic rings. The fourth-order valence-corrected chi connectivity index (χ4v) is 2.28. The van der Waals surface area contributed by atoms with E-state index in [-0.39, 0.29) is 16.2 Å². The Balaban J connectivity index is 2.05. The van der Waals surface area contributed by atoms with Crippen molar-refractivity contribution in [2.24, 2.45) is 0 Å². The Hall–Kier alpha value is -3.19. The molecule has 0 heterocycles. The second-order valence-corrected chi connectivity index (χ2v) is 5.48. The van der Waals surface area contributed by atoms with Crippen LogP contribution in [0.1, 0.15) is 20.7 Å². The van der Waals surface area contributed by atoms with E-state index in [1.165, 1.54) is 13.2 Å². The van der Waals surface area contributed by atoms with Crippen molar-refractivity contribution in [3.05, 3.63) is 72.3 Å². The van der Waals surface area contributed by atoms with E-state index in [4.69, 9.17) is 17.0 Å². The van der Waals surface area contributed by atoms with E-state index in [0.717, 1.165) is 0 Å². The lowest BCUT2D eigenvalue weighted by molar-refractivity contribution is 0.0600. The van der Waals surface area contributed by atoms with Crippen molar-refractivity contribution in [2.45, 2.75) is 0 Å². The van der Waals surface area contributed by atoms with Gasteiger partial charge in [-0.1, -0.05) is 30.9 Å². The van der Waals surface area contributed by atoms with Crippen molar-refractivity contribution in [1.82, 2.24) is 5.32 Å². The highest BCUT2D eigenvalue weighted by molar-refractivity contribution is 7.80. The van der Waals surface area contributed by atoms with E-state index in [2.05, 4.69) is 21.9 Å². The van der Waals surface area contributed by atoms with E-state index < -0.39 is 11.9 Å². The number of benzene rings is 2. The molecule has 0 unspecified atom stereocenters. The topological polar surface area (TPSA) is 76.7 Å². The van der Waals surface area contributed by atoms with Crippen molar-refractivity contribution >= 4 is 34.9 Å². The molecule has 26 heavy (non-hydrogen) atoms. The lowest BCUT2D eigenvalue weighted by Crippen LogP contribution is -2.34. The summed E-state index contributed by atoms with van der Waals surface area (Å²) in [4.78, 5) is 23.9. The van der Waals surface area contributed by atoms with E-state index in [1.807, 2.05) is 12.1 Å². The van der Waals surface area contributed by atoms with Crippen molar-refractivity contribution in [1.29, 1.82) is 0 Å². The second kappa shape index (κ2) is 9.33. The van der Waals surface area contributed by atoms with Crippen molar-refractivity contribution in [3.63, 3.8) is 0 Å². The molecule has 0 aliphatic heterocycles. The first-order valence-electron chi connectivity index (χ1n) is 7.68. The molecule has 0 spiro atoms. The summed E-state index contributed by atoms with van der Waals surface area (Å²) in [6.45, 7) is 3.95. The normalized spacial score (nSPS) is 9.73. The third kappa shape index (κ3) is 5.15. The van der Waals surface area contributed by atoms with E-state index >= 15 is 0 Å². The average molecular weight is 370 g/mol. The lowest BCUT2D eigenvalue weighted by Gasteiger charge is -2.13. The van der Waals surface area contributed by atoms with Gasteiger partial charge in [0.25, 0.3) is 5.91 Å². The minimum absolute atomic E-state index is 0.105. The maximum absolute atomic E-state index is 12.3. The molecule has 6 nitrogen and oxygen atoms in total. The molecular weight excluding hydrogens is 352 g/mol. The molecule has 1 amide bonds. The number of esters is 1. The third-order valence-corrected chi connectivity index (χ3v) is 3.47. The fraction of sp³-hybridized carbons (Fsp3) is 0.105. The van der Waals surface area contributed by atoms with Gasteiger partial charge in [-0.05, 0) is 42.5 Å². The maximum Gasteiger partial charge on any atom is 0.337 e. The quantitative estimate of drug-likeness (QED) is 0.462. The van der Waals surface area contributed by atoms with Crippen molar-refractivity contribution in [2.75, 3.05) is 19.0 Å². The van der Waals surface area contributed by atoms with Crippen LogP contribution in [0, 0.1) is 0 Å². The summed E-state index contributed by atoms with van der Waals surface area (Å²) < 4.78 is 10.2. The number of para-hydroxylation sites is 2. The largest absolute Gasteiger partial charge is 0.487 e. The number of anilines is 1. The Labute approximate surface area is 156 Å². The van der Waals surface area contributed by atoms with Gasteiger partial charge in [-0.25, -0.2) is 4.79 Å². The van der Waals surface area contributed by atoms with Crippen LogP contribution in [-0.2, 0) is 4.74 Å². The third-order valence-electron chi connectivity index (χ3n) is 3.26. The van der Waals surface area contributed by atoms with Gasteiger partial charge >= 0.3 is 5.97 Å². The zero-order chi connectivity index (χ0) is 18.9. The molecule has 2 aromatic carbocycles. The number of rotatable bonds is 6. The zero-order valence-corrected chi connectivity index (χ0v) is 15.0. The zero-order valence-electron chi connectivity index (χ0n) is 14.2. The molecule has 0 atom stereocenters. The summed E-state index contributed by atoms with van der Waals surface area (Å²) in [5.74, 6) is -0.386. The molecule has 0 fully saturated rings. The number of hydrogen-bond donors (Lipinski definition) is 2. The number of carbonyl (C=O) groups excluding carboxylic acids is 2. The molecule has 2 aromatic rings. The standard InChI is InChI=1S/C19H18N2O4S/c1-3-11-25-16-10-5-4-9-15(16)20-19(26)21-17(22)13-7-6-8-14(12-13)18(23)24-2/h3-10,12H,1,11H2,2H3,(H2,20,21,22,26). The summed E-state index contributed by atoms with van der Waals surface area (Å²) in [5.41, 5.74) is 1.18. The lowest BCUT2D eigenvalue weighted by atomic mass is 10.1. The van der Waals surface area contributed by atoms with Crippen LogP contribution in [0.2, 0.25) is 0 Å². The predicted octanol–water partition coefficient (Wildman–Crippen LogP) is 3.16. The highest BCUT2D eigenvalue weighted by atomic mass is 32.1. The van der Waals surface area contributed by atoms with Gasteiger partial charge in [0.1, 0.15) is 12.4 Å². The summed E-state index contributed by atoms with van der Waals surface area (Å²) in [7, 11) is 1.28. The number of ether oxygens (including phenoxy) is 2. The van der Waals surface area contributed by atoms with Crippen LogP contribution in [0.15, 0.2) is 61.2 Å². The van der Waals surface area contributed by atoms with Crippen molar-refractivity contribution in [3.8, 4) is 5.75 Å². The van der Waals surface area contributed by atoms with Crippen LogP contribution in [0.25, 0.3) is 0 Å². The predicted molar refractivity (Wildman–Crippen MR) is 104 cm³/mol. The Bertz CT molecular complexity index is 836. The second-order valence-electron chi connectivity index (χ2n) is 5.08. The average Bonchev–Trinajstić information content (AvgIpc) is 2.66. The molecule has 0 saturated carbocycles. The first kappa shape index (κ1) is 19.1. The molecule has 2 N–H and O–H groups in total. The van der Waals surface area contributed by atoms with E-state index in [9.17, 15) is 9.59 Å². The van der Waals surface area contributed by atoms with Crippen LogP contribution in [0.3, 0.4) is 0 Å². The molecular formula is C19H18N2O4S. The Morgan fingerprint density at radius 2 is 1.88 bits per heavy atom. The summed E-state index contributed by atoms with van der Waals surface area (Å²) in [6.07, 6.45) is 1.63. The number of thiocarbonyl (C=S) groups is 1. The monoisotopic (exact) mass is 370 g/mol.